The van der Waals surface area contributed by atoms with Gasteiger partial charge in [0.1, 0.15) is 5.82 Å². The van der Waals surface area contributed by atoms with Crippen molar-refractivity contribution in [2.24, 2.45) is 0 Å². The average molecular weight is 278 g/mol. The van der Waals surface area contributed by atoms with E-state index in [-0.39, 0.29) is 16.9 Å². The van der Waals surface area contributed by atoms with Crippen molar-refractivity contribution >= 4 is 11.6 Å². The van der Waals surface area contributed by atoms with Gasteiger partial charge < -0.3 is 5.32 Å². The van der Waals surface area contributed by atoms with Gasteiger partial charge in [0.15, 0.2) is 0 Å². The standard InChI is InChI=1S/C16H17ClFN/c1-11-6-8-13(9-7-11)12(2)19-10-14-4-3-5-15(18)16(14)17/h3-9,12,19H,10H2,1-2H3/t12-/m0/s1. The highest BCUT2D eigenvalue weighted by atomic mass is 35.5. The lowest BCUT2D eigenvalue weighted by Gasteiger charge is -2.15. The molecule has 0 fully saturated rings. The molecule has 0 heterocycles. The molecule has 2 rings (SSSR count). The summed E-state index contributed by atoms with van der Waals surface area (Å²) < 4.78 is 13.3. The molecule has 0 aliphatic rings. The molecule has 1 N–H and O–H groups in total. The predicted molar refractivity (Wildman–Crippen MR) is 77.8 cm³/mol. The molecule has 100 valence electrons. The zero-order valence-electron chi connectivity index (χ0n) is 11.1. The van der Waals surface area contributed by atoms with Gasteiger partial charge in [-0.2, -0.15) is 0 Å². The van der Waals surface area contributed by atoms with E-state index in [1.807, 2.05) is 6.07 Å². The van der Waals surface area contributed by atoms with E-state index in [0.29, 0.717) is 6.54 Å². The molecule has 2 aromatic carbocycles. The number of hydrogen-bond donors (Lipinski definition) is 1. The van der Waals surface area contributed by atoms with Gasteiger partial charge in [-0.3, -0.25) is 0 Å². The average Bonchev–Trinajstić information content (AvgIpc) is 2.41. The lowest BCUT2D eigenvalue weighted by molar-refractivity contribution is 0.569. The molecule has 1 atom stereocenters. The second-order valence-corrected chi connectivity index (χ2v) is 5.10. The predicted octanol–water partition coefficient (Wildman–Crippen LogP) is 4.64. The van der Waals surface area contributed by atoms with Crippen LogP contribution in [0.4, 0.5) is 4.39 Å². The summed E-state index contributed by atoms with van der Waals surface area (Å²) in [6.07, 6.45) is 0. The Kier molecular flexibility index (Phi) is 4.56. The largest absolute Gasteiger partial charge is 0.306 e. The number of rotatable bonds is 4. The molecule has 0 aromatic heterocycles. The first-order valence-corrected chi connectivity index (χ1v) is 6.68. The maximum Gasteiger partial charge on any atom is 0.142 e. The Hall–Kier alpha value is -1.38. The van der Waals surface area contributed by atoms with Crippen LogP contribution >= 0.6 is 11.6 Å². The van der Waals surface area contributed by atoms with E-state index in [4.69, 9.17) is 11.6 Å². The van der Waals surface area contributed by atoms with Gasteiger partial charge >= 0.3 is 0 Å². The third-order valence-electron chi connectivity index (χ3n) is 3.21. The second-order valence-electron chi connectivity index (χ2n) is 4.73. The van der Waals surface area contributed by atoms with Crippen molar-refractivity contribution in [2.75, 3.05) is 0 Å². The number of hydrogen-bond acceptors (Lipinski definition) is 1. The number of benzene rings is 2. The van der Waals surface area contributed by atoms with E-state index in [2.05, 4.69) is 43.4 Å². The quantitative estimate of drug-likeness (QED) is 0.858. The van der Waals surface area contributed by atoms with Crippen molar-refractivity contribution in [3.05, 3.63) is 70.0 Å². The molecule has 2 aromatic rings. The first kappa shape index (κ1) is 14.0. The van der Waals surface area contributed by atoms with E-state index >= 15 is 0 Å². The second kappa shape index (κ2) is 6.18. The zero-order chi connectivity index (χ0) is 13.8. The van der Waals surface area contributed by atoms with E-state index in [1.165, 1.54) is 17.2 Å². The van der Waals surface area contributed by atoms with Crippen LogP contribution < -0.4 is 5.32 Å². The maximum absolute atomic E-state index is 13.3. The molecule has 0 aliphatic heterocycles. The van der Waals surface area contributed by atoms with Crippen molar-refractivity contribution in [1.29, 1.82) is 0 Å². The van der Waals surface area contributed by atoms with E-state index < -0.39 is 0 Å². The Labute approximate surface area is 118 Å². The van der Waals surface area contributed by atoms with Crippen LogP contribution in [0.3, 0.4) is 0 Å². The highest BCUT2D eigenvalue weighted by Gasteiger charge is 2.08. The van der Waals surface area contributed by atoms with Crippen LogP contribution in [0.15, 0.2) is 42.5 Å². The fourth-order valence-electron chi connectivity index (χ4n) is 1.92. The van der Waals surface area contributed by atoms with Gasteiger partial charge in [-0.05, 0) is 31.0 Å². The molecule has 0 amide bonds. The molecule has 0 aliphatic carbocycles. The SMILES string of the molecule is Cc1ccc([C@H](C)NCc2cccc(F)c2Cl)cc1. The minimum Gasteiger partial charge on any atom is -0.306 e. The summed E-state index contributed by atoms with van der Waals surface area (Å²) in [5.74, 6) is -0.371. The smallest absolute Gasteiger partial charge is 0.142 e. The Morgan fingerprint density at radius 1 is 1.16 bits per heavy atom. The van der Waals surface area contributed by atoms with Gasteiger partial charge in [-0.25, -0.2) is 4.39 Å². The minimum absolute atomic E-state index is 0.194. The molecule has 0 bridgehead atoms. The summed E-state index contributed by atoms with van der Waals surface area (Å²) in [6.45, 7) is 4.69. The van der Waals surface area contributed by atoms with E-state index in [0.717, 1.165) is 5.56 Å². The van der Waals surface area contributed by atoms with Crippen molar-refractivity contribution in [3.63, 3.8) is 0 Å². The minimum atomic E-state index is -0.371. The Balaban J connectivity index is 2.02. The highest BCUT2D eigenvalue weighted by molar-refractivity contribution is 6.31. The van der Waals surface area contributed by atoms with Gasteiger partial charge in [-0.1, -0.05) is 53.6 Å². The summed E-state index contributed by atoms with van der Waals surface area (Å²) in [6, 6.07) is 13.4. The summed E-state index contributed by atoms with van der Waals surface area (Å²) >= 11 is 5.93. The fraction of sp³-hybridized carbons (Fsp3) is 0.250. The zero-order valence-corrected chi connectivity index (χ0v) is 11.8. The maximum atomic E-state index is 13.3. The Bertz CT molecular complexity index is 551. The normalized spacial score (nSPS) is 12.4. The summed E-state index contributed by atoms with van der Waals surface area (Å²) in [5, 5.41) is 3.55. The van der Waals surface area contributed by atoms with Crippen molar-refractivity contribution in [1.82, 2.24) is 5.32 Å². The highest BCUT2D eigenvalue weighted by Crippen LogP contribution is 2.21. The molecular formula is C16H17ClFN. The molecule has 0 saturated heterocycles. The lowest BCUT2D eigenvalue weighted by atomic mass is 10.1. The molecule has 0 radical (unpaired) electrons. The molecule has 3 heteroatoms. The summed E-state index contributed by atoms with van der Waals surface area (Å²) in [5.41, 5.74) is 3.22. The molecule has 0 saturated carbocycles. The number of nitrogens with one attached hydrogen (secondary N) is 1. The topological polar surface area (TPSA) is 12.0 Å². The molecule has 0 spiro atoms. The fourth-order valence-corrected chi connectivity index (χ4v) is 2.11. The van der Waals surface area contributed by atoms with Crippen molar-refractivity contribution in [2.45, 2.75) is 26.4 Å². The summed E-state index contributed by atoms with van der Waals surface area (Å²) in [4.78, 5) is 0. The van der Waals surface area contributed by atoms with Gasteiger partial charge in [-0.15, -0.1) is 0 Å². The van der Waals surface area contributed by atoms with Crippen molar-refractivity contribution < 1.29 is 4.39 Å². The first-order valence-electron chi connectivity index (χ1n) is 6.31. The van der Waals surface area contributed by atoms with Crippen LogP contribution in [0.25, 0.3) is 0 Å². The van der Waals surface area contributed by atoms with Gasteiger partial charge in [0, 0.05) is 12.6 Å². The van der Waals surface area contributed by atoms with Crippen molar-refractivity contribution in [3.8, 4) is 0 Å². The van der Waals surface area contributed by atoms with Crippen LogP contribution in [-0.2, 0) is 6.54 Å². The van der Waals surface area contributed by atoms with Gasteiger partial charge in [0.05, 0.1) is 5.02 Å². The number of halogens is 2. The summed E-state index contributed by atoms with van der Waals surface area (Å²) in [7, 11) is 0. The van der Waals surface area contributed by atoms with Crippen LogP contribution in [0.5, 0.6) is 0 Å². The van der Waals surface area contributed by atoms with Crippen LogP contribution in [0, 0.1) is 12.7 Å². The third-order valence-corrected chi connectivity index (χ3v) is 3.63. The van der Waals surface area contributed by atoms with Crippen LogP contribution in [0.1, 0.15) is 29.7 Å². The monoisotopic (exact) mass is 277 g/mol. The van der Waals surface area contributed by atoms with Gasteiger partial charge in [0.25, 0.3) is 0 Å². The Morgan fingerprint density at radius 3 is 2.53 bits per heavy atom. The Morgan fingerprint density at radius 2 is 1.84 bits per heavy atom. The van der Waals surface area contributed by atoms with E-state index in [1.54, 1.807) is 6.07 Å². The lowest BCUT2D eigenvalue weighted by Crippen LogP contribution is -2.18. The first-order chi connectivity index (χ1) is 9.08. The van der Waals surface area contributed by atoms with Gasteiger partial charge in [0.2, 0.25) is 0 Å². The third kappa shape index (κ3) is 3.55. The van der Waals surface area contributed by atoms with E-state index in [9.17, 15) is 4.39 Å². The molecule has 0 unspecified atom stereocenters. The molecule has 1 nitrogen and oxygen atoms in total. The molecule has 19 heavy (non-hydrogen) atoms. The van der Waals surface area contributed by atoms with Crippen LogP contribution in [-0.4, -0.2) is 0 Å². The van der Waals surface area contributed by atoms with Crippen LogP contribution in [0.2, 0.25) is 5.02 Å². The number of aryl methyl sites for hydroxylation is 1. The molecular weight excluding hydrogens is 261 g/mol.